The largest absolute Gasteiger partial charge is 0.490 e. The first-order valence-corrected chi connectivity index (χ1v) is 7.71. The molecule has 1 atom stereocenters. The molecule has 1 unspecified atom stereocenters. The smallest absolute Gasteiger partial charge is 0.120 e. The van der Waals surface area contributed by atoms with Gasteiger partial charge in [-0.05, 0) is 54.7 Å². The molecule has 0 amide bonds. The number of hydrogen-bond donors (Lipinski definition) is 1. The van der Waals surface area contributed by atoms with E-state index < -0.39 is 0 Å². The van der Waals surface area contributed by atoms with Crippen LogP contribution in [0.5, 0.6) is 5.75 Å². The van der Waals surface area contributed by atoms with Crippen LogP contribution >= 0.6 is 15.9 Å². The lowest BCUT2D eigenvalue weighted by molar-refractivity contribution is 0.303. The van der Waals surface area contributed by atoms with Gasteiger partial charge >= 0.3 is 0 Å². The molecule has 1 fully saturated rings. The number of rotatable bonds is 4. The number of ether oxygens (including phenoxy) is 1. The summed E-state index contributed by atoms with van der Waals surface area (Å²) in [6, 6.07) is 14.2. The average molecular weight is 332 g/mol. The Hall–Kier alpha value is -1.32. The van der Waals surface area contributed by atoms with E-state index in [-0.39, 0.29) is 6.04 Å². The molecule has 1 saturated carbocycles. The third-order valence-electron chi connectivity index (χ3n) is 3.69. The Morgan fingerprint density at radius 1 is 1.20 bits per heavy atom. The maximum Gasteiger partial charge on any atom is 0.120 e. The Morgan fingerprint density at radius 3 is 2.70 bits per heavy atom. The molecule has 2 nitrogen and oxygen atoms in total. The maximum atomic E-state index is 6.42. The van der Waals surface area contributed by atoms with Gasteiger partial charge in [0.25, 0.3) is 0 Å². The van der Waals surface area contributed by atoms with Gasteiger partial charge in [0.05, 0.1) is 12.1 Å². The van der Waals surface area contributed by atoms with Crippen LogP contribution in [0.2, 0.25) is 0 Å². The molecule has 3 rings (SSSR count). The fourth-order valence-electron chi connectivity index (χ4n) is 2.30. The molecule has 0 spiro atoms. The fraction of sp³-hybridized carbons (Fsp3) is 0.294. The maximum absolute atomic E-state index is 6.42. The minimum atomic E-state index is -0.129. The average Bonchev–Trinajstić information content (AvgIpc) is 3.25. The van der Waals surface area contributed by atoms with Gasteiger partial charge in [-0.1, -0.05) is 40.2 Å². The lowest BCUT2D eigenvalue weighted by Gasteiger charge is -2.17. The van der Waals surface area contributed by atoms with Gasteiger partial charge in [0.1, 0.15) is 5.75 Å². The molecule has 0 aliphatic heterocycles. The van der Waals surface area contributed by atoms with E-state index in [9.17, 15) is 0 Å². The van der Waals surface area contributed by atoms with Gasteiger partial charge in [-0.2, -0.15) is 0 Å². The van der Waals surface area contributed by atoms with Crippen molar-refractivity contribution in [2.24, 2.45) is 5.73 Å². The van der Waals surface area contributed by atoms with Crippen LogP contribution in [-0.4, -0.2) is 6.10 Å². The van der Waals surface area contributed by atoms with E-state index >= 15 is 0 Å². The van der Waals surface area contributed by atoms with Gasteiger partial charge in [0.2, 0.25) is 0 Å². The van der Waals surface area contributed by atoms with Crippen LogP contribution in [0.1, 0.15) is 35.6 Å². The van der Waals surface area contributed by atoms with Crippen LogP contribution in [0, 0.1) is 6.92 Å². The van der Waals surface area contributed by atoms with E-state index in [0.29, 0.717) is 6.10 Å². The van der Waals surface area contributed by atoms with Gasteiger partial charge < -0.3 is 10.5 Å². The number of benzene rings is 2. The first kappa shape index (κ1) is 13.7. The molecule has 1 aliphatic rings. The van der Waals surface area contributed by atoms with Crippen LogP contribution in [0.15, 0.2) is 46.9 Å². The molecule has 0 bridgehead atoms. The summed E-state index contributed by atoms with van der Waals surface area (Å²) in [6.07, 6.45) is 2.75. The molecule has 20 heavy (non-hydrogen) atoms. The van der Waals surface area contributed by atoms with Crippen LogP contribution in [0.3, 0.4) is 0 Å². The van der Waals surface area contributed by atoms with Crippen molar-refractivity contribution in [3.05, 3.63) is 63.6 Å². The third-order valence-corrected chi connectivity index (χ3v) is 4.55. The lowest BCUT2D eigenvalue weighted by Crippen LogP contribution is -2.13. The Labute approximate surface area is 128 Å². The van der Waals surface area contributed by atoms with Gasteiger partial charge in [-0.15, -0.1) is 0 Å². The second-order valence-electron chi connectivity index (χ2n) is 5.32. The zero-order chi connectivity index (χ0) is 14.1. The quantitative estimate of drug-likeness (QED) is 0.904. The molecule has 2 aromatic rings. The Kier molecular flexibility index (Phi) is 3.81. The second-order valence-corrected chi connectivity index (χ2v) is 6.18. The highest BCUT2D eigenvalue weighted by Gasteiger charge is 2.23. The number of hydrogen-bond acceptors (Lipinski definition) is 2. The SMILES string of the molecule is Cc1c(Br)cccc1C(N)c1cccc(OC2CC2)c1. The van der Waals surface area contributed by atoms with Crippen LogP contribution < -0.4 is 10.5 Å². The molecule has 2 aromatic carbocycles. The summed E-state index contributed by atoms with van der Waals surface area (Å²) in [7, 11) is 0. The molecule has 0 radical (unpaired) electrons. The summed E-state index contributed by atoms with van der Waals surface area (Å²) in [4.78, 5) is 0. The van der Waals surface area contributed by atoms with E-state index in [1.165, 1.54) is 18.4 Å². The Morgan fingerprint density at radius 2 is 1.95 bits per heavy atom. The number of nitrogens with two attached hydrogens (primary N) is 1. The molecule has 0 aromatic heterocycles. The minimum Gasteiger partial charge on any atom is -0.490 e. The van der Waals surface area contributed by atoms with E-state index in [4.69, 9.17) is 10.5 Å². The highest BCUT2D eigenvalue weighted by molar-refractivity contribution is 9.10. The summed E-state index contributed by atoms with van der Waals surface area (Å²) in [5.74, 6) is 0.924. The summed E-state index contributed by atoms with van der Waals surface area (Å²) in [5.41, 5.74) is 9.84. The van der Waals surface area contributed by atoms with Gasteiger partial charge in [0, 0.05) is 4.47 Å². The predicted molar refractivity (Wildman–Crippen MR) is 85.0 cm³/mol. The van der Waals surface area contributed by atoms with Crippen molar-refractivity contribution in [1.29, 1.82) is 0 Å². The Balaban J connectivity index is 1.89. The van der Waals surface area contributed by atoms with Crippen molar-refractivity contribution < 1.29 is 4.74 Å². The van der Waals surface area contributed by atoms with Crippen molar-refractivity contribution >= 4 is 15.9 Å². The summed E-state index contributed by atoms with van der Waals surface area (Å²) < 4.78 is 6.93. The fourth-order valence-corrected chi connectivity index (χ4v) is 2.68. The monoisotopic (exact) mass is 331 g/mol. The Bertz CT molecular complexity index is 622. The van der Waals surface area contributed by atoms with E-state index in [2.05, 4.69) is 41.1 Å². The molecular formula is C17H18BrNO. The highest BCUT2D eigenvalue weighted by Crippen LogP contribution is 2.31. The first-order chi connectivity index (χ1) is 9.65. The third kappa shape index (κ3) is 2.89. The van der Waals surface area contributed by atoms with E-state index in [1.807, 2.05) is 24.3 Å². The molecule has 104 valence electrons. The molecular weight excluding hydrogens is 314 g/mol. The summed E-state index contributed by atoms with van der Waals surface area (Å²) in [6.45, 7) is 2.09. The highest BCUT2D eigenvalue weighted by atomic mass is 79.9. The first-order valence-electron chi connectivity index (χ1n) is 6.92. The summed E-state index contributed by atoms with van der Waals surface area (Å²) in [5, 5.41) is 0. The van der Waals surface area contributed by atoms with Crippen LogP contribution in [0.4, 0.5) is 0 Å². The molecule has 2 N–H and O–H groups in total. The van der Waals surface area contributed by atoms with E-state index in [0.717, 1.165) is 21.3 Å². The minimum absolute atomic E-state index is 0.129. The van der Waals surface area contributed by atoms with Gasteiger partial charge in [-0.3, -0.25) is 0 Å². The van der Waals surface area contributed by atoms with Crippen molar-refractivity contribution in [2.75, 3.05) is 0 Å². The molecule has 1 aliphatic carbocycles. The molecule has 0 heterocycles. The zero-order valence-electron chi connectivity index (χ0n) is 11.5. The standard InChI is InChI=1S/C17H18BrNO/c1-11-15(6-3-7-16(11)18)17(19)12-4-2-5-14(10-12)20-13-8-9-13/h2-7,10,13,17H,8-9,19H2,1H3. The second kappa shape index (κ2) is 5.58. The molecule has 3 heteroatoms. The summed E-state index contributed by atoms with van der Waals surface area (Å²) >= 11 is 3.56. The topological polar surface area (TPSA) is 35.2 Å². The van der Waals surface area contributed by atoms with Crippen molar-refractivity contribution in [3.8, 4) is 5.75 Å². The van der Waals surface area contributed by atoms with Crippen molar-refractivity contribution in [3.63, 3.8) is 0 Å². The van der Waals surface area contributed by atoms with E-state index in [1.54, 1.807) is 0 Å². The van der Waals surface area contributed by atoms with Gasteiger partial charge in [-0.25, -0.2) is 0 Å². The van der Waals surface area contributed by atoms with Crippen LogP contribution in [-0.2, 0) is 0 Å². The van der Waals surface area contributed by atoms with Crippen molar-refractivity contribution in [2.45, 2.75) is 31.9 Å². The van der Waals surface area contributed by atoms with Gasteiger partial charge in [0.15, 0.2) is 0 Å². The van der Waals surface area contributed by atoms with Crippen LogP contribution in [0.25, 0.3) is 0 Å². The normalized spacial score (nSPS) is 15.9. The number of halogens is 1. The van der Waals surface area contributed by atoms with Crippen molar-refractivity contribution in [1.82, 2.24) is 0 Å². The molecule has 0 saturated heterocycles. The zero-order valence-corrected chi connectivity index (χ0v) is 13.1. The predicted octanol–water partition coefficient (Wildman–Crippen LogP) is 4.35. The lowest BCUT2D eigenvalue weighted by atomic mass is 9.96.